The number of imide groups is 1. The van der Waals surface area contributed by atoms with Gasteiger partial charge in [-0.15, -0.1) is 0 Å². The van der Waals surface area contributed by atoms with E-state index in [1.165, 1.54) is 23.2 Å². The number of carbonyl (C=O) groups is 2. The molecule has 0 saturated heterocycles. The van der Waals surface area contributed by atoms with Crippen molar-refractivity contribution in [2.24, 2.45) is 0 Å². The maximum absolute atomic E-state index is 14.1. The molecule has 0 saturated carbocycles. The minimum atomic E-state index is -3.75. The summed E-state index contributed by atoms with van der Waals surface area (Å²) in [6.07, 6.45) is 2.03. The molecule has 5 aromatic rings. The number of rotatable bonds is 14. The summed E-state index contributed by atoms with van der Waals surface area (Å²) in [6.45, 7) is 15.5. The van der Waals surface area contributed by atoms with E-state index in [0.29, 0.717) is 0 Å². The van der Waals surface area contributed by atoms with Gasteiger partial charge >= 0.3 is 7.60 Å². The Bertz CT molecular complexity index is 2120. The summed E-state index contributed by atoms with van der Waals surface area (Å²) in [7, 11) is -6.95. The lowest BCUT2D eigenvalue weighted by Crippen LogP contribution is -2.68. The number of imidazole rings is 1. The van der Waals surface area contributed by atoms with Crippen molar-refractivity contribution in [1.82, 2.24) is 19.7 Å². The quantitative estimate of drug-likeness (QED) is 0.0664. The average Bonchev–Trinajstić information content (AvgIpc) is 3.65. The number of hydrogen-bond donors (Lipinski definition) is 0. The highest BCUT2D eigenvalue weighted by atomic mass is 31.2. The number of fused-ring (bicyclic) bond motifs is 2. The van der Waals surface area contributed by atoms with E-state index in [0.717, 1.165) is 15.3 Å². The monoisotopic (exact) mass is 767 g/mol. The van der Waals surface area contributed by atoms with Gasteiger partial charge < -0.3 is 18.3 Å². The van der Waals surface area contributed by atoms with E-state index in [4.69, 9.17) is 18.3 Å². The van der Waals surface area contributed by atoms with E-state index in [-0.39, 0.29) is 40.3 Å². The normalized spacial score (nSPS) is 15.1. The van der Waals surface area contributed by atoms with Crippen molar-refractivity contribution in [3.05, 3.63) is 121 Å². The van der Waals surface area contributed by atoms with Gasteiger partial charge in [-0.1, -0.05) is 93.6 Å². The largest absolute Gasteiger partial charge is 0.405 e. The highest BCUT2D eigenvalue weighted by Crippen LogP contribution is 2.52. The molecule has 0 aliphatic carbocycles. The van der Waals surface area contributed by atoms with Gasteiger partial charge in [0.15, 0.2) is 17.4 Å². The molecule has 1 aliphatic heterocycles. The number of anilines is 1. The molecule has 2 aromatic heterocycles. The van der Waals surface area contributed by atoms with Crippen molar-refractivity contribution in [3.8, 4) is 0 Å². The van der Waals surface area contributed by atoms with Crippen LogP contribution in [-0.2, 0) is 18.0 Å². The summed E-state index contributed by atoms with van der Waals surface area (Å²) in [5.41, 5.74) is 0.996. The molecular formula is C40H46N5O7PSi. The van der Waals surface area contributed by atoms with Gasteiger partial charge in [-0.05, 0) is 68.2 Å². The maximum Gasteiger partial charge on any atom is 0.354 e. The van der Waals surface area contributed by atoms with Gasteiger partial charge in [-0.3, -0.25) is 14.2 Å². The van der Waals surface area contributed by atoms with Crippen molar-refractivity contribution in [2.45, 2.75) is 84.8 Å². The molecule has 14 heteroatoms. The number of carbonyl (C=O) groups excluding carboxylic acids is 2. The van der Waals surface area contributed by atoms with E-state index in [2.05, 4.69) is 60.0 Å². The van der Waals surface area contributed by atoms with Crippen LogP contribution in [0, 0.1) is 0 Å². The molecular weight excluding hydrogens is 722 g/mol. The number of benzene rings is 3. The Hall–Kier alpha value is -4.78. The first-order valence-electron chi connectivity index (χ1n) is 17.9. The second kappa shape index (κ2) is 15.5. The zero-order valence-corrected chi connectivity index (χ0v) is 33.6. The lowest BCUT2D eigenvalue weighted by molar-refractivity contribution is -0.00526. The van der Waals surface area contributed by atoms with Gasteiger partial charge in [0, 0.05) is 5.82 Å². The summed E-state index contributed by atoms with van der Waals surface area (Å²) in [5, 5.41) is 1.69. The molecule has 2 atom stereocenters. The van der Waals surface area contributed by atoms with Crippen molar-refractivity contribution >= 4 is 55.1 Å². The summed E-state index contributed by atoms with van der Waals surface area (Å²) in [6, 6.07) is 26.9. The van der Waals surface area contributed by atoms with Crippen molar-refractivity contribution in [1.29, 1.82) is 0 Å². The predicted octanol–water partition coefficient (Wildman–Crippen LogP) is 6.95. The number of amides is 2. The number of nitrogens with zero attached hydrogens (tertiary/aromatic N) is 5. The molecule has 0 fully saturated rings. The summed E-state index contributed by atoms with van der Waals surface area (Å²) >= 11 is 0. The Morgan fingerprint density at radius 2 is 1.26 bits per heavy atom. The van der Waals surface area contributed by atoms with Crippen LogP contribution in [0.1, 0.15) is 76.1 Å². The molecule has 54 heavy (non-hydrogen) atoms. The maximum atomic E-state index is 14.1. The Morgan fingerprint density at radius 3 is 1.76 bits per heavy atom. The fraction of sp³-hybridized carbons (Fsp3) is 0.325. The molecule has 3 heterocycles. The van der Waals surface area contributed by atoms with Gasteiger partial charge in [0.1, 0.15) is 18.8 Å². The van der Waals surface area contributed by atoms with E-state index >= 15 is 0 Å². The fourth-order valence-electron chi connectivity index (χ4n) is 6.72. The van der Waals surface area contributed by atoms with Crippen LogP contribution in [-0.4, -0.2) is 64.2 Å². The van der Waals surface area contributed by atoms with Crippen molar-refractivity contribution in [2.75, 3.05) is 4.90 Å². The van der Waals surface area contributed by atoms with Crippen molar-refractivity contribution in [3.63, 3.8) is 0 Å². The first-order valence-corrected chi connectivity index (χ1v) is 21.4. The molecule has 3 aromatic carbocycles. The van der Waals surface area contributed by atoms with Crippen LogP contribution >= 0.6 is 7.60 Å². The number of hydrogen-bond acceptors (Lipinski definition) is 10. The molecule has 282 valence electrons. The van der Waals surface area contributed by atoms with E-state index in [9.17, 15) is 14.2 Å². The molecule has 2 amide bonds. The summed E-state index contributed by atoms with van der Waals surface area (Å²) in [5.74, 6) is 0.503. The van der Waals surface area contributed by atoms with Gasteiger partial charge in [0.2, 0.25) is 5.65 Å². The average molecular weight is 768 g/mol. The van der Waals surface area contributed by atoms with Gasteiger partial charge in [-0.2, -0.15) is 4.73 Å². The highest BCUT2D eigenvalue weighted by molar-refractivity contribution is 7.57. The third-order valence-corrected chi connectivity index (χ3v) is 15.9. The van der Waals surface area contributed by atoms with E-state index < -0.39 is 45.0 Å². The summed E-state index contributed by atoms with van der Waals surface area (Å²) < 4.78 is 34.8. The molecule has 1 aliphatic rings. The summed E-state index contributed by atoms with van der Waals surface area (Å²) in [4.78, 5) is 47.6. The fourth-order valence-corrected chi connectivity index (χ4v) is 13.2. The van der Waals surface area contributed by atoms with Crippen LogP contribution in [0.2, 0.25) is 5.04 Å². The lowest BCUT2D eigenvalue weighted by atomic mass is 10.1. The van der Waals surface area contributed by atoms with E-state index in [1.54, 1.807) is 58.0 Å². The highest BCUT2D eigenvalue weighted by Gasteiger charge is 2.52. The van der Waals surface area contributed by atoms with Crippen LogP contribution < -0.4 is 20.1 Å². The Balaban J connectivity index is 1.44. The molecule has 6 rings (SSSR count). The van der Waals surface area contributed by atoms with E-state index in [1.807, 2.05) is 43.3 Å². The van der Waals surface area contributed by atoms with Crippen molar-refractivity contribution < 1.29 is 32.5 Å². The Morgan fingerprint density at radius 1 is 0.741 bits per heavy atom. The van der Waals surface area contributed by atoms with Gasteiger partial charge in [0.05, 0.1) is 23.3 Å². The molecule has 0 spiro atoms. The minimum Gasteiger partial charge on any atom is -0.405 e. The third kappa shape index (κ3) is 7.60. The topological polar surface area (TPSA) is 135 Å². The minimum absolute atomic E-state index is 0.0406. The predicted molar refractivity (Wildman–Crippen MR) is 211 cm³/mol. The zero-order chi connectivity index (χ0) is 38.8. The SMILES string of the molecule is CC(C)OP(=O)(C=CC(O[Si](c1ccccc1)(c1ccccc1)C(C)(C)C)C(C)On1cnc2c(N3C(=O)c4ccccc4C3=O)ncnc21)OC(C)C. The van der Waals surface area contributed by atoms with Crippen LogP contribution in [0.5, 0.6) is 0 Å². The van der Waals surface area contributed by atoms with Gasteiger partial charge in [-0.25, -0.2) is 19.9 Å². The lowest BCUT2D eigenvalue weighted by Gasteiger charge is -2.45. The molecule has 0 N–H and O–H groups in total. The second-order valence-corrected chi connectivity index (χ2v) is 20.7. The molecule has 0 bridgehead atoms. The van der Waals surface area contributed by atoms with Crippen LogP contribution in [0.15, 0.2) is 109 Å². The molecule has 2 unspecified atom stereocenters. The standard InChI is InChI=1S/C40H46N5O7PSi/c1-27(2)50-53(48,51-28(3)4)24-23-34(52-54(40(6,7)8,30-17-11-9-12-18-30)31-19-13-10-14-20-31)29(5)49-44-26-43-35-36(44)41-25-42-37(35)45-38(46)32-21-15-16-22-33(32)39(45)47/h9-29,34H,1-8H3. The first kappa shape index (κ1) is 38.9. The molecule has 12 nitrogen and oxygen atoms in total. The Kier molecular flexibility index (Phi) is 11.2. The van der Waals surface area contributed by atoms with Crippen LogP contribution in [0.3, 0.4) is 0 Å². The van der Waals surface area contributed by atoms with Gasteiger partial charge in [0.25, 0.3) is 20.1 Å². The smallest absolute Gasteiger partial charge is 0.354 e. The number of aromatic nitrogens is 4. The Labute approximate surface area is 316 Å². The zero-order valence-electron chi connectivity index (χ0n) is 31.7. The first-order chi connectivity index (χ1) is 25.6. The second-order valence-electron chi connectivity index (χ2n) is 14.7. The molecule has 0 radical (unpaired) electrons. The van der Waals surface area contributed by atoms with Crippen LogP contribution in [0.25, 0.3) is 11.2 Å². The third-order valence-electron chi connectivity index (χ3n) is 8.94. The van der Waals surface area contributed by atoms with Crippen LogP contribution in [0.4, 0.5) is 5.82 Å².